The molecule has 1 aliphatic heterocycles. The average molecular weight is 474 g/mol. The van der Waals surface area contributed by atoms with Gasteiger partial charge in [0.05, 0.1) is 11.4 Å². The number of amides is 1. The number of hydrogen-bond donors (Lipinski definition) is 0. The molecule has 0 aliphatic carbocycles. The van der Waals surface area contributed by atoms with Gasteiger partial charge in [0.25, 0.3) is 11.5 Å². The predicted octanol–water partition coefficient (Wildman–Crippen LogP) is 2.12. The van der Waals surface area contributed by atoms with Gasteiger partial charge in [-0.15, -0.1) is 0 Å². The van der Waals surface area contributed by atoms with Gasteiger partial charge in [-0.25, -0.2) is 13.1 Å². The number of sulfonamides is 1. The van der Waals surface area contributed by atoms with Crippen molar-refractivity contribution in [1.82, 2.24) is 24.1 Å². The number of benzene rings is 1. The lowest BCUT2D eigenvalue weighted by molar-refractivity contribution is 0.0757. The van der Waals surface area contributed by atoms with Gasteiger partial charge in [0.1, 0.15) is 10.6 Å². The zero-order valence-electron chi connectivity index (χ0n) is 19.1. The normalized spacial score (nSPS) is 15.8. The van der Waals surface area contributed by atoms with Crippen molar-refractivity contribution in [2.45, 2.75) is 45.1 Å². The molecule has 3 heterocycles. The molecule has 10 nitrogen and oxygen atoms in total. The molecular formula is C22H27N5O5S. The van der Waals surface area contributed by atoms with Crippen LogP contribution in [0.3, 0.4) is 0 Å². The lowest BCUT2D eigenvalue weighted by atomic mass is 10.1. The van der Waals surface area contributed by atoms with Crippen LogP contribution in [0.4, 0.5) is 0 Å². The summed E-state index contributed by atoms with van der Waals surface area (Å²) in [5.74, 6) is -0.0755. The highest BCUT2D eigenvalue weighted by atomic mass is 32.2. The van der Waals surface area contributed by atoms with Gasteiger partial charge in [-0.1, -0.05) is 23.4 Å². The number of aryl methyl sites for hydroxylation is 2. The molecule has 1 fully saturated rings. The fraction of sp³-hybridized carbons (Fsp3) is 0.455. The summed E-state index contributed by atoms with van der Waals surface area (Å²) in [4.78, 5) is 28.0. The number of rotatable bonds is 4. The molecule has 0 atom stereocenters. The van der Waals surface area contributed by atoms with E-state index in [1.807, 2.05) is 13.8 Å². The Morgan fingerprint density at radius 3 is 2.39 bits per heavy atom. The summed E-state index contributed by atoms with van der Waals surface area (Å²) in [6, 6.07) is 6.71. The smallest absolute Gasteiger partial charge is 0.274 e. The number of aromatic nitrogens is 3. The van der Waals surface area contributed by atoms with Gasteiger partial charge in [-0.2, -0.15) is 9.40 Å². The largest absolute Gasteiger partial charge is 0.360 e. The van der Waals surface area contributed by atoms with Crippen LogP contribution in [0.1, 0.15) is 48.3 Å². The van der Waals surface area contributed by atoms with E-state index in [1.54, 1.807) is 43.0 Å². The monoisotopic (exact) mass is 473 g/mol. The highest BCUT2D eigenvalue weighted by molar-refractivity contribution is 7.89. The Balaban J connectivity index is 1.65. The number of nitrogens with zero attached hydrogens (tertiary/aromatic N) is 5. The second-order valence-corrected chi connectivity index (χ2v) is 10.3. The minimum atomic E-state index is -3.80. The molecule has 0 radical (unpaired) electrons. The standard InChI is InChI=1S/C22H27N5O5S/c1-14(2)27-21(28)18-9-6-5-8-17(18)19(23-27)22(29)25-10-7-11-26(13-12-25)33(30,31)20-15(3)24-32-16(20)4/h5-6,8-9,14H,7,10-13H2,1-4H3. The van der Waals surface area contributed by atoms with Crippen molar-refractivity contribution in [1.29, 1.82) is 0 Å². The molecule has 0 bridgehead atoms. The van der Waals surface area contributed by atoms with Crippen LogP contribution in [0, 0.1) is 13.8 Å². The predicted molar refractivity (Wildman–Crippen MR) is 122 cm³/mol. The molecule has 1 amide bonds. The molecule has 0 saturated carbocycles. The topological polar surface area (TPSA) is 119 Å². The second kappa shape index (κ2) is 8.71. The second-order valence-electron chi connectivity index (χ2n) is 8.44. The van der Waals surface area contributed by atoms with Crippen molar-refractivity contribution in [3.05, 3.63) is 51.8 Å². The van der Waals surface area contributed by atoms with Crippen molar-refractivity contribution in [3.63, 3.8) is 0 Å². The van der Waals surface area contributed by atoms with Crippen LogP contribution in [-0.2, 0) is 10.0 Å². The first-order valence-corrected chi connectivity index (χ1v) is 12.3. The molecule has 176 valence electrons. The van der Waals surface area contributed by atoms with Crippen molar-refractivity contribution in [2.75, 3.05) is 26.2 Å². The van der Waals surface area contributed by atoms with Gasteiger partial charge >= 0.3 is 0 Å². The maximum absolute atomic E-state index is 13.5. The van der Waals surface area contributed by atoms with Crippen LogP contribution in [0.15, 0.2) is 38.5 Å². The van der Waals surface area contributed by atoms with Gasteiger partial charge in [-0.05, 0) is 40.2 Å². The first-order chi connectivity index (χ1) is 15.6. The maximum Gasteiger partial charge on any atom is 0.274 e. The molecule has 2 aromatic heterocycles. The zero-order valence-corrected chi connectivity index (χ0v) is 19.9. The zero-order chi connectivity index (χ0) is 23.9. The summed E-state index contributed by atoms with van der Waals surface area (Å²) in [5, 5.41) is 9.08. The van der Waals surface area contributed by atoms with Gasteiger partial charge in [-0.3, -0.25) is 9.59 Å². The van der Waals surface area contributed by atoms with E-state index in [0.717, 1.165) is 0 Å². The number of fused-ring (bicyclic) bond motifs is 1. The Bertz CT molecular complexity index is 1360. The summed E-state index contributed by atoms with van der Waals surface area (Å²) in [7, 11) is -3.80. The van der Waals surface area contributed by atoms with Crippen molar-refractivity contribution < 1.29 is 17.7 Å². The van der Waals surface area contributed by atoms with Gasteiger partial charge < -0.3 is 9.42 Å². The van der Waals surface area contributed by atoms with Crippen LogP contribution < -0.4 is 5.56 Å². The first kappa shape index (κ1) is 23.1. The Morgan fingerprint density at radius 2 is 1.76 bits per heavy atom. The molecular weight excluding hydrogens is 446 g/mol. The maximum atomic E-state index is 13.5. The van der Waals surface area contributed by atoms with E-state index in [0.29, 0.717) is 29.4 Å². The first-order valence-electron chi connectivity index (χ1n) is 10.9. The number of carbonyl (C=O) groups excluding carboxylic acids is 1. The molecule has 11 heteroatoms. The third-order valence-corrected chi connectivity index (χ3v) is 7.97. The Kier molecular flexibility index (Phi) is 6.10. The lowest BCUT2D eigenvalue weighted by Gasteiger charge is -2.22. The number of hydrogen-bond acceptors (Lipinski definition) is 7. The van der Waals surface area contributed by atoms with Gasteiger partial charge in [0, 0.05) is 31.6 Å². The summed E-state index contributed by atoms with van der Waals surface area (Å²) >= 11 is 0. The molecule has 4 rings (SSSR count). The summed E-state index contributed by atoms with van der Waals surface area (Å²) in [6.07, 6.45) is 0.468. The highest BCUT2D eigenvalue weighted by Crippen LogP contribution is 2.25. The third-order valence-electron chi connectivity index (χ3n) is 5.83. The van der Waals surface area contributed by atoms with E-state index in [1.165, 1.54) is 8.99 Å². The summed E-state index contributed by atoms with van der Waals surface area (Å²) in [5.41, 5.74) is 0.266. The molecule has 3 aromatic rings. The van der Waals surface area contributed by atoms with Gasteiger partial charge in [0.2, 0.25) is 10.0 Å². The number of carbonyl (C=O) groups is 1. The Labute approximate surface area is 191 Å². The van der Waals surface area contributed by atoms with Crippen molar-refractivity contribution >= 4 is 26.7 Å². The van der Waals surface area contributed by atoms with Crippen molar-refractivity contribution in [2.24, 2.45) is 0 Å². The van der Waals surface area contributed by atoms with Gasteiger partial charge in [0.15, 0.2) is 11.5 Å². The van der Waals surface area contributed by atoms with E-state index in [2.05, 4.69) is 10.3 Å². The Hall–Kier alpha value is -3.05. The van der Waals surface area contributed by atoms with Crippen molar-refractivity contribution in [3.8, 4) is 0 Å². The van der Waals surface area contributed by atoms with E-state index >= 15 is 0 Å². The quantitative estimate of drug-likeness (QED) is 0.569. The fourth-order valence-electron chi connectivity index (χ4n) is 4.17. The fourth-order valence-corrected chi connectivity index (χ4v) is 5.93. The third kappa shape index (κ3) is 4.06. The molecule has 0 spiro atoms. The van der Waals surface area contributed by atoms with Crippen LogP contribution in [0.25, 0.3) is 10.8 Å². The summed E-state index contributed by atoms with van der Waals surface area (Å²) in [6.45, 7) is 7.83. The molecule has 33 heavy (non-hydrogen) atoms. The average Bonchev–Trinajstić information content (AvgIpc) is 2.97. The summed E-state index contributed by atoms with van der Waals surface area (Å²) < 4.78 is 34.1. The van der Waals surface area contributed by atoms with E-state index in [9.17, 15) is 18.0 Å². The molecule has 1 aliphatic rings. The van der Waals surface area contributed by atoms with Crippen LogP contribution in [0.5, 0.6) is 0 Å². The SMILES string of the molecule is Cc1noc(C)c1S(=O)(=O)N1CCCN(C(=O)c2nn(C(C)C)c(=O)c3ccccc23)CC1. The Morgan fingerprint density at radius 1 is 1.06 bits per heavy atom. The lowest BCUT2D eigenvalue weighted by Crippen LogP contribution is -2.39. The van der Waals surface area contributed by atoms with E-state index in [-0.39, 0.29) is 53.5 Å². The van der Waals surface area contributed by atoms with Crippen LogP contribution in [-0.4, -0.2) is 64.6 Å². The van der Waals surface area contributed by atoms with Crippen LogP contribution >= 0.6 is 0 Å². The minimum Gasteiger partial charge on any atom is -0.360 e. The molecule has 0 unspecified atom stereocenters. The van der Waals surface area contributed by atoms with E-state index in [4.69, 9.17) is 4.52 Å². The molecule has 0 N–H and O–H groups in total. The molecule has 1 saturated heterocycles. The van der Waals surface area contributed by atoms with Crippen LogP contribution in [0.2, 0.25) is 0 Å². The molecule has 1 aromatic carbocycles. The van der Waals surface area contributed by atoms with E-state index < -0.39 is 10.0 Å². The minimum absolute atomic E-state index is 0.0824. The highest BCUT2D eigenvalue weighted by Gasteiger charge is 2.33.